The summed E-state index contributed by atoms with van der Waals surface area (Å²) in [4.78, 5) is 38.0. The van der Waals surface area contributed by atoms with Crippen LogP contribution in [0.4, 0.5) is 14.9 Å². The Balaban J connectivity index is 2.30. The van der Waals surface area contributed by atoms with Crippen LogP contribution >= 0.6 is 11.6 Å². The molecule has 166 valence electrons. The summed E-state index contributed by atoms with van der Waals surface area (Å²) in [5.74, 6) is -2.13. The predicted octanol–water partition coefficient (Wildman–Crippen LogP) is 5.20. The second kappa shape index (κ2) is 9.92. The highest BCUT2D eigenvalue weighted by atomic mass is 35.5. The van der Waals surface area contributed by atoms with E-state index in [-0.39, 0.29) is 27.8 Å². The number of nitrogens with one attached hydrogen (secondary N) is 2. The molecule has 0 aromatic heterocycles. The smallest absolute Gasteiger partial charge is 0.408 e. The number of hydrogen-bond acceptors (Lipinski definition) is 4. The summed E-state index contributed by atoms with van der Waals surface area (Å²) in [5, 5.41) is 5.45. The summed E-state index contributed by atoms with van der Waals surface area (Å²) in [5.41, 5.74) is -0.685. The zero-order valence-electron chi connectivity index (χ0n) is 18.1. The Kier molecular flexibility index (Phi) is 7.79. The van der Waals surface area contributed by atoms with Crippen molar-refractivity contribution >= 4 is 35.1 Å². The summed E-state index contributed by atoms with van der Waals surface area (Å²) >= 11 is 6.04. The largest absolute Gasteiger partial charge is 0.444 e. The van der Waals surface area contributed by atoms with Crippen LogP contribution < -0.4 is 10.6 Å². The summed E-state index contributed by atoms with van der Waals surface area (Å²) in [6.45, 7) is 8.66. The Bertz CT molecular complexity index is 986. The van der Waals surface area contributed by atoms with E-state index in [4.69, 9.17) is 16.3 Å². The van der Waals surface area contributed by atoms with Crippen molar-refractivity contribution in [2.45, 2.75) is 46.3 Å². The fourth-order valence-corrected chi connectivity index (χ4v) is 2.96. The maximum absolute atomic E-state index is 14.1. The second-order valence-electron chi connectivity index (χ2n) is 8.36. The van der Waals surface area contributed by atoms with Crippen molar-refractivity contribution in [3.05, 3.63) is 64.4 Å². The van der Waals surface area contributed by atoms with E-state index in [1.165, 1.54) is 36.4 Å². The Morgan fingerprint density at radius 3 is 2.26 bits per heavy atom. The lowest BCUT2D eigenvalue weighted by Gasteiger charge is -2.25. The third kappa shape index (κ3) is 6.79. The quantitative estimate of drug-likeness (QED) is 0.595. The van der Waals surface area contributed by atoms with Gasteiger partial charge in [-0.2, -0.15) is 0 Å². The number of carbonyl (C=O) groups is 3. The third-order valence-corrected chi connectivity index (χ3v) is 4.46. The van der Waals surface area contributed by atoms with Crippen LogP contribution in [0.1, 0.15) is 50.5 Å². The van der Waals surface area contributed by atoms with Crippen LogP contribution in [0, 0.1) is 11.7 Å². The van der Waals surface area contributed by atoms with Crippen molar-refractivity contribution in [2.75, 3.05) is 5.32 Å². The van der Waals surface area contributed by atoms with Gasteiger partial charge in [0, 0.05) is 10.6 Å². The molecule has 2 N–H and O–H groups in total. The maximum Gasteiger partial charge on any atom is 0.408 e. The van der Waals surface area contributed by atoms with Gasteiger partial charge in [-0.1, -0.05) is 37.6 Å². The van der Waals surface area contributed by atoms with Crippen molar-refractivity contribution in [3.8, 4) is 0 Å². The number of ether oxygens (including phenoxy) is 1. The average Bonchev–Trinajstić information content (AvgIpc) is 2.65. The molecule has 0 aliphatic heterocycles. The number of benzene rings is 2. The minimum absolute atomic E-state index is 0.0331. The van der Waals surface area contributed by atoms with E-state index in [1.54, 1.807) is 40.7 Å². The molecule has 0 aliphatic carbocycles. The van der Waals surface area contributed by atoms with Gasteiger partial charge in [0.15, 0.2) is 5.78 Å². The van der Waals surface area contributed by atoms with Crippen molar-refractivity contribution in [3.63, 3.8) is 0 Å². The summed E-state index contributed by atoms with van der Waals surface area (Å²) < 4.78 is 19.4. The van der Waals surface area contributed by atoms with E-state index in [0.29, 0.717) is 0 Å². The van der Waals surface area contributed by atoms with Crippen LogP contribution in [0.5, 0.6) is 0 Å². The molecule has 31 heavy (non-hydrogen) atoms. The Morgan fingerprint density at radius 2 is 1.68 bits per heavy atom. The second-order valence-corrected chi connectivity index (χ2v) is 8.79. The summed E-state index contributed by atoms with van der Waals surface area (Å²) in [6.07, 6.45) is -0.736. The fourth-order valence-electron chi connectivity index (χ4n) is 2.78. The number of carbonyl (C=O) groups excluding carboxylic acids is 3. The van der Waals surface area contributed by atoms with Gasteiger partial charge in [0.1, 0.15) is 17.5 Å². The van der Waals surface area contributed by atoms with Gasteiger partial charge in [0.05, 0.1) is 11.3 Å². The molecule has 8 heteroatoms. The minimum atomic E-state index is -0.929. The number of rotatable bonds is 6. The molecule has 0 saturated carbocycles. The van der Waals surface area contributed by atoms with Crippen LogP contribution in [-0.4, -0.2) is 29.4 Å². The lowest BCUT2D eigenvalue weighted by Crippen LogP contribution is -2.48. The molecule has 2 amide bonds. The highest BCUT2D eigenvalue weighted by Gasteiger charge is 2.28. The van der Waals surface area contributed by atoms with Gasteiger partial charge in [-0.15, -0.1) is 0 Å². The molecule has 1 unspecified atom stereocenters. The van der Waals surface area contributed by atoms with E-state index < -0.39 is 35.2 Å². The van der Waals surface area contributed by atoms with E-state index >= 15 is 0 Å². The van der Waals surface area contributed by atoms with Gasteiger partial charge < -0.3 is 15.4 Å². The number of anilines is 1. The van der Waals surface area contributed by atoms with Crippen molar-refractivity contribution < 1.29 is 23.5 Å². The lowest BCUT2D eigenvalue weighted by atomic mass is 10.00. The first kappa shape index (κ1) is 24.3. The van der Waals surface area contributed by atoms with Gasteiger partial charge in [-0.25, -0.2) is 9.18 Å². The lowest BCUT2D eigenvalue weighted by molar-refractivity contribution is -0.119. The van der Waals surface area contributed by atoms with Gasteiger partial charge >= 0.3 is 6.09 Å². The van der Waals surface area contributed by atoms with Crippen molar-refractivity contribution in [1.82, 2.24) is 5.32 Å². The topological polar surface area (TPSA) is 84.5 Å². The first-order valence-corrected chi connectivity index (χ1v) is 10.2. The Hall–Kier alpha value is -2.93. The fraction of sp³-hybridized carbons (Fsp3) is 0.348. The van der Waals surface area contributed by atoms with Crippen LogP contribution in [-0.2, 0) is 9.53 Å². The number of alkyl carbamates (subject to hydrolysis) is 1. The van der Waals surface area contributed by atoms with Gasteiger partial charge in [-0.3, -0.25) is 9.59 Å². The molecule has 0 bridgehead atoms. The van der Waals surface area contributed by atoms with Gasteiger partial charge in [-0.05, 0) is 57.0 Å². The van der Waals surface area contributed by atoms with Crippen LogP contribution in [0.25, 0.3) is 0 Å². The van der Waals surface area contributed by atoms with E-state index in [9.17, 15) is 18.8 Å². The number of amides is 2. The van der Waals surface area contributed by atoms with Gasteiger partial charge in [0.25, 0.3) is 0 Å². The molecule has 2 rings (SSSR count). The average molecular weight is 449 g/mol. The molecule has 0 radical (unpaired) electrons. The summed E-state index contributed by atoms with van der Waals surface area (Å²) in [6, 6.07) is 8.93. The van der Waals surface area contributed by atoms with Crippen LogP contribution in [0.15, 0.2) is 42.5 Å². The molecule has 0 heterocycles. The zero-order valence-corrected chi connectivity index (χ0v) is 18.8. The molecule has 0 aliphatic rings. The molecule has 2 aromatic carbocycles. The zero-order chi connectivity index (χ0) is 23.3. The SMILES string of the molecule is CC(C)C(NC(=O)OC(C)(C)C)C(=O)Nc1ccc(Cl)cc1C(=O)c1ccccc1F. The molecule has 6 nitrogen and oxygen atoms in total. The highest BCUT2D eigenvalue weighted by molar-refractivity contribution is 6.31. The minimum Gasteiger partial charge on any atom is -0.444 e. The van der Waals surface area contributed by atoms with Gasteiger partial charge in [0.2, 0.25) is 5.91 Å². The molecule has 0 spiro atoms. The first-order valence-electron chi connectivity index (χ1n) is 9.78. The third-order valence-electron chi connectivity index (χ3n) is 4.22. The Labute approximate surface area is 186 Å². The number of hydrogen-bond donors (Lipinski definition) is 2. The van der Waals surface area contributed by atoms with E-state index in [0.717, 1.165) is 0 Å². The molecule has 0 saturated heterocycles. The molecule has 0 fully saturated rings. The van der Waals surface area contributed by atoms with Crippen LogP contribution in [0.3, 0.4) is 0 Å². The standard InChI is InChI=1S/C23H26ClFN2O4/c1-13(2)19(27-22(30)31-23(3,4)5)21(29)26-18-11-10-14(24)12-16(18)20(28)15-8-6-7-9-17(15)25/h6-13,19H,1-5H3,(H,26,29)(H,27,30). The Morgan fingerprint density at radius 1 is 1.03 bits per heavy atom. The molecular formula is C23H26ClFN2O4. The van der Waals surface area contributed by atoms with Crippen molar-refractivity contribution in [2.24, 2.45) is 5.92 Å². The van der Waals surface area contributed by atoms with E-state index in [1.807, 2.05) is 0 Å². The van der Waals surface area contributed by atoms with E-state index in [2.05, 4.69) is 10.6 Å². The molecule has 1 atom stereocenters. The monoisotopic (exact) mass is 448 g/mol. The maximum atomic E-state index is 14.1. The number of halogens is 2. The summed E-state index contributed by atoms with van der Waals surface area (Å²) in [7, 11) is 0. The predicted molar refractivity (Wildman–Crippen MR) is 118 cm³/mol. The normalized spacial score (nSPS) is 12.3. The molecule has 2 aromatic rings. The number of ketones is 1. The van der Waals surface area contributed by atoms with Crippen LogP contribution in [0.2, 0.25) is 5.02 Å². The first-order chi connectivity index (χ1) is 14.4. The highest BCUT2D eigenvalue weighted by Crippen LogP contribution is 2.25. The van der Waals surface area contributed by atoms with Crippen molar-refractivity contribution in [1.29, 1.82) is 0 Å². The molecular weight excluding hydrogens is 423 g/mol.